The molecule has 0 radical (unpaired) electrons. The molecular weight excluding hydrogens is 352 g/mol. The number of hydrogen-bond acceptors (Lipinski definition) is 2. The van der Waals surface area contributed by atoms with E-state index >= 15 is 0 Å². The second-order valence-corrected chi connectivity index (χ2v) is 5.07. The molecule has 4 N–H and O–H groups in total. The molecule has 4 nitrogen and oxygen atoms in total. The molecule has 2 rings (SSSR count). The average molecular weight is 374 g/mol. The first-order valence-electron chi connectivity index (χ1n) is 7.37. The fraction of sp³-hybridized carbons (Fsp3) is 0.100. The number of ketones is 2. The Morgan fingerprint density at radius 1 is 0.680 bits per heavy atom. The van der Waals surface area contributed by atoms with Crippen LogP contribution in [0.15, 0.2) is 84.3 Å². The van der Waals surface area contributed by atoms with Crippen LogP contribution in [-0.2, 0) is 21.7 Å². The molecule has 0 aliphatic carbocycles. The Morgan fingerprint density at radius 3 is 1.20 bits per heavy atom. The standard InChI is InChI=1S/2C10H10O2.Ti/c2*1-8(11)7-10(12)9-5-3-2-4-6-9;/h2*2-7,11H,1H3;/p+2/b2*8-7-;. The van der Waals surface area contributed by atoms with Crippen molar-refractivity contribution in [1.29, 1.82) is 0 Å². The molecule has 5 heteroatoms. The maximum atomic E-state index is 9.37. The molecule has 0 unspecified atom stereocenters. The number of allylic oxidation sites excluding steroid dienone is 4. The van der Waals surface area contributed by atoms with E-state index in [1.807, 2.05) is 36.4 Å². The third-order valence-electron chi connectivity index (χ3n) is 2.83. The molecule has 0 spiro atoms. The summed E-state index contributed by atoms with van der Waals surface area (Å²) in [4.78, 5) is 18.7. The summed E-state index contributed by atoms with van der Waals surface area (Å²) in [5.74, 6) is 0.346. The van der Waals surface area contributed by atoms with Crippen LogP contribution in [0.3, 0.4) is 0 Å². The molecule has 0 heterocycles. The van der Waals surface area contributed by atoms with E-state index in [-0.39, 0.29) is 44.8 Å². The fourth-order valence-corrected chi connectivity index (χ4v) is 1.78. The number of aliphatic hydroxyl groups is 2. The second kappa shape index (κ2) is 12.0. The molecule has 2 aromatic rings. The third-order valence-corrected chi connectivity index (χ3v) is 2.83. The zero-order chi connectivity index (χ0) is 17.9. The molecule has 0 saturated heterocycles. The van der Waals surface area contributed by atoms with E-state index in [2.05, 4.69) is 0 Å². The van der Waals surface area contributed by atoms with E-state index in [0.717, 1.165) is 0 Å². The Bertz CT molecular complexity index is 661. The number of rotatable bonds is 4. The van der Waals surface area contributed by atoms with Crippen molar-refractivity contribution in [3.63, 3.8) is 0 Å². The summed E-state index contributed by atoms with van der Waals surface area (Å²) in [5, 5.41) is 17.7. The van der Waals surface area contributed by atoms with E-state index in [4.69, 9.17) is 10.2 Å². The summed E-state index contributed by atoms with van der Waals surface area (Å²) in [6, 6.07) is 18.1. The van der Waals surface area contributed by atoms with Crippen molar-refractivity contribution in [3.8, 4) is 0 Å². The Kier molecular flexibility index (Phi) is 10.8. The van der Waals surface area contributed by atoms with Crippen LogP contribution in [0.4, 0.5) is 0 Å². The Labute approximate surface area is 162 Å². The van der Waals surface area contributed by atoms with Crippen LogP contribution in [0.5, 0.6) is 0 Å². The predicted molar refractivity (Wildman–Crippen MR) is 97.7 cm³/mol. The Balaban J connectivity index is 0.000000443. The van der Waals surface area contributed by atoms with Gasteiger partial charge in [0.05, 0.1) is 34.8 Å². The summed E-state index contributed by atoms with van der Waals surface area (Å²) in [7, 11) is 0. The maximum absolute atomic E-state index is 9.37. The van der Waals surface area contributed by atoms with Gasteiger partial charge < -0.3 is 10.2 Å². The van der Waals surface area contributed by atoms with Crippen molar-refractivity contribution in [2.45, 2.75) is 13.8 Å². The number of carbonyl (C=O) groups excluding carboxylic acids is 2. The first-order chi connectivity index (χ1) is 11.4. The Hall–Kier alpha value is -2.43. The third kappa shape index (κ3) is 9.45. The van der Waals surface area contributed by atoms with E-state index < -0.39 is 0 Å². The molecule has 0 aromatic heterocycles. The maximum Gasteiger partial charge on any atom is 0.350 e. The minimum atomic E-state index is 0. The minimum Gasteiger partial charge on any atom is -0.512 e. The van der Waals surface area contributed by atoms with Gasteiger partial charge in [0.2, 0.25) is 0 Å². The summed E-state index contributed by atoms with van der Waals surface area (Å²) in [6.07, 6.45) is 2.63. The SMILES string of the molecule is C/C(O)=C/C(=[OH+])c1ccccc1.C/C(O)=C/C(=[OH+])c1ccccc1.[Ti]. The monoisotopic (exact) mass is 374 g/mol. The van der Waals surface area contributed by atoms with Gasteiger partial charge in [-0.3, -0.25) is 9.59 Å². The molecular formula is C20H22O4Ti+2. The van der Waals surface area contributed by atoms with Crippen molar-refractivity contribution in [3.05, 3.63) is 95.5 Å². The molecule has 0 aliphatic heterocycles. The van der Waals surface area contributed by atoms with Crippen molar-refractivity contribution < 1.29 is 41.5 Å². The van der Waals surface area contributed by atoms with Crippen molar-refractivity contribution in [2.75, 3.05) is 0 Å². The van der Waals surface area contributed by atoms with Crippen molar-refractivity contribution >= 4 is 11.6 Å². The van der Waals surface area contributed by atoms with Gasteiger partial charge in [0.25, 0.3) is 0 Å². The normalized spacial score (nSPS) is 10.8. The van der Waals surface area contributed by atoms with Gasteiger partial charge in [-0.15, -0.1) is 0 Å². The first-order valence-corrected chi connectivity index (χ1v) is 7.37. The van der Waals surface area contributed by atoms with Crippen LogP contribution < -0.4 is 0 Å². The molecule has 2 aromatic carbocycles. The molecule has 0 aliphatic rings. The van der Waals surface area contributed by atoms with E-state index in [1.165, 1.54) is 26.0 Å². The van der Waals surface area contributed by atoms with Gasteiger partial charge in [-0.1, -0.05) is 36.4 Å². The Morgan fingerprint density at radius 2 is 0.960 bits per heavy atom. The quantitative estimate of drug-likeness (QED) is 0.278. The van der Waals surface area contributed by atoms with Crippen molar-refractivity contribution in [1.82, 2.24) is 0 Å². The molecule has 0 saturated carbocycles. The van der Waals surface area contributed by atoms with Gasteiger partial charge in [0.1, 0.15) is 0 Å². The molecule has 0 amide bonds. The van der Waals surface area contributed by atoms with Crippen LogP contribution in [-0.4, -0.2) is 31.4 Å². The zero-order valence-corrected chi connectivity index (χ0v) is 15.8. The van der Waals surface area contributed by atoms with Crippen LogP contribution >= 0.6 is 0 Å². The molecule has 25 heavy (non-hydrogen) atoms. The second-order valence-electron chi connectivity index (χ2n) is 5.07. The van der Waals surface area contributed by atoms with Gasteiger partial charge in [-0.25, -0.2) is 0 Å². The summed E-state index contributed by atoms with van der Waals surface area (Å²) in [6.45, 7) is 3.03. The van der Waals surface area contributed by atoms with Crippen LogP contribution in [0.1, 0.15) is 25.0 Å². The number of aliphatic hydroxyl groups excluding tert-OH is 2. The zero-order valence-electron chi connectivity index (χ0n) is 14.2. The summed E-state index contributed by atoms with van der Waals surface area (Å²) >= 11 is 0. The average Bonchev–Trinajstić information content (AvgIpc) is 2.56. The summed E-state index contributed by atoms with van der Waals surface area (Å²) < 4.78 is 0. The van der Waals surface area contributed by atoms with E-state index in [9.17, 15) is 9.59 Å². The van der Waals surface area contributed by atoms with Gasteiger partial charge in [-0.2, -0.15) is 0 Å². The fourth-order valence-electron chi connectivity index (χ4n) is 1.78. The van der Waals surface area contributed by atoms with Crippen molar-refractivity contribution in [2.24, 2.45) is 0 Å². The van der Waals surface area contributed by atoms with Gasteiger partial charge in [0.15, 0.2) is 0 Å². The molecule has 0 fully saturated rings. The number of benzene rings is 2. The van der Waals surface area contributed by atoms with E-state index in [0.29, 0.717) is 11.1 Å². The van der Waals surface area contributed by atoms with E-state index in [1.54, 1.807) is 24.3 Å². The number of hydrogen-bond donors (Lipinski definition) is 2. The largest absolute Gasteiger partial charge is 0.512 e. The molecule has 0 bridgehead atoms. The van der Waals surface area contributed by atoms with Crippen LogP contribution in [0.2, 0.25) is 0 Å². The predicted octanol–water partition coefficient (Wildman–Crippen LogP) is 4.08. The smallest absolute Gasteiger partial charge is 0.350 e. The first kappa shape index (κ1) is 22.6. The van der Waals surface area contributed by atoms with Gasteiger partial charge >= 0.3 is 11.6 Å². The van der Waals surface area contributed by atoms with Crippen LogP contribution in [0.25, 0.3) is 0 Å². The topological polar surface area (TPSA) is 83.3 Å². The molecule has 0 atom stereocenters. The molecule has 128 valence electrons. The minimum absolute atomic E-state index is 0. The van der Waals surface area contributed by atoms with Crippen LogP contribution in [0, 0.1) is 0 Å². The van der Waals surface area contributed by atoms with Gasteiger partial charge in [-0.05, 0) is 38.1 Å². The van der Waals surface area contributed by atoms with Gasteiger partial charge in [0, 0.05) is 21.7 Å². The summed E-state index contributed by atoms with van der Waals surface area (Å²) in [5.41, 5.74) is 1.40.